The van der Waals surface area contributed by atoms with Gasteiger partial charge in [0.25, 0.3) is 0 Å². The number of hydrogen-bond acceptors (Lipinski definition) is 3. The van der Waals surface area contributed by atoms with Crippen molar-refractivity contribution in [2.24, 2.45) is 5.73 Å². The maximum Gasteiger partial charge on any atom is 0.135 e. The summed E-state index contributed by atoms with van der Waals surface area (Å²) in [4.78, 5) is 0. The molecular weight excluding hydrogens is 140 g/mol. The Kier molecular flexibility index (Phi) is 2.54. The molecule has 11 heavy (non-hydrogen) atoms. The van der Waals surface area contributed by atoms with Gasteiger partial charge in [-0.3, -0.25) is 0 Å². The van der Waals surface area contributed by atoms with Gasteiger partial charge in [-0.25, -0.2) is 0 Å². The topological polar surface area (TPSA) is 58.3 Å². The number of rotatable bonds is 2. The lowest BCUT2D eigenvalue weighted by Gasteiger charge is -2.16. The first kappa shape index (κ1) is 8.14. The molecule has 4 N–H and O–H groups in total. The summed E-state index contributed by atoms with van der Waals surface area (Å²) in [7, 11) is 0. The molecular formula is C8H14N2O. The summed E-state index contributed by atoms with van der Waals surface area (Å²) < 4.78 is 0. The molecule has 1 atom stereocenters. The molecule has 1 rings (SSSR count). The van der Waals surface area contributed by atoms with Crippen LogP contribution >= 0.6 is 0 Å². The lowest BCUT2D eigenvalue weighted by Crippen LogP contribution is -2.29. The number of aliphatic hydroxyl groups is 1. The van der Waals surface area contributed by atoms with Gasteiger partial charge in [0.15, 0.2) is 0 Å². The summed E-state index contributed by atoms with van der Waals surface area (Å²) in [6.07, 6.45) is 4.45. The van der Waals surface area contributed by atoms with Crippen molar-refractivity contribution in [3.05, 3.63) is 23.6 Å². The predicted octanol–water partition coefficient (Wildman–Crippen LogP) is 0.653. The summed E-state index contributed by atoms with van der Waals surface area (Å²) in [5.74, 6) is 0.196. The van der Waals surface area contributed by atoms with Crippen LogP contribution in [0.5, 0.6) is 0 Å². The van der Waals surface area contributed by atoms with Crippen LogP contribution in [0.15, 0.2) is 23.6 Å². The largest absolute Gasteiger partial charge is 0.506 e. The Hall–Kier alpha value is -0.960. The fourth-order valence-corrected chi connectivity index (χ4v) is 1.12. The molecule has 0 fully saturated rings. The quantitative estimate of drug-likeness (QED) is 0.547. The highest BCUT2D eigenvalue weighted by Crippen LogP contribution is 2.11. The zero-order chi connectivity index (χ0) is 8.27. The summed E-state index contributed by atoms with van der Waals surface area (Å²) in [5.41, 5.74) is 5.94. The first-order valence-electron chi connectivity index (χ1n) is 3.84. The van der Waals surface area contributed by atoms with Gasteiger partial charge >= 0.3 is 0 Å². The van der Waals surface area contributed by atoms with Crippen LogP contribution in [0.4, 0.5) is 0 Å². The summed E-state index contributed by atoms with van der Waals surface area (Å²) >= 11 is 0. The van der Waals surface area contributed by atoms with Crippen LogP contribution in [0, 0.1) is 0 Å². The van der Waals surface area contributed by atoms with Crippen molar-refractivity contribution in [2.75, 3.05) is 6.54 Å². The molecule has 0 aromatic rings. The zero-order valence-electron chi connectivity index (χ0n) is 6.67. The van der Waals surface area contributed by atoms with Gasteiger partial charge in [-0.05, 0) is 19.0 Å². The van der Waals surface area contributed by atoms with E-state index >= 15 is 0 Å². The molecule has 1 aliphatic carbocycles. The average molecular weight is 154 g/mol. The van der Waals surface area contributed by atoms with Gasteiger partial charge in [0, 0.05) is 6.04 Å². The van der Waals surface area contributed by atoms with E-state index in [1.807, 2.05) is 13.0 Å². The molecule has 0 saturated heterocycles. The van der Waals surface area contributed by atoms with Crippen molar-refractivity contribution in [1.29, 1.82) is 0 Å². The molecule has 0 amide bonds. The second kappa shape index (κ2) is 3.44. The molecule has 0 saturated carbocycles. The molecule has 0 aliphatic heterocycles. The van der Waals surface area contributed by atoms with Gasteiger partial charge in [0.1, 0.15) is 5.76 Å². The van der Waals surface area contributed by atoms with Gasteiger partial charge in [0.2, 0.25) is 0 Å². The SMILES string of the molecule is CCNC1C=C(O)C(N)=CC1. The van der Waals surface area contributed by atoms with Crippen LogP contribution in [0.2, 0.25) is 0 Å². The Morgan fingerprint density at radius 3 is 3.09 bits per heavy atom. The number of aliphatic hydroxyl groups excluding tert-OH is 1. The van der Waals surface area contributed by atoms with Crippen LogP contribution in [0.1, 0.15) is 13.3 Å². The van der Waals surface area contributed by atoms with Gasteiger partial charge in [0.05, 0.1) is 5.70 Å². The minimum Gasteiger partial charge on any atom is -0.506 e. The fraction of sp³-hybridized carbons (Fsp3) is 0.500. The van der Waals surface area contributed by atoms with Crippen molar-refractivity contribution in [3.8, 4) is 0 Å². The minimum absolute atomic E-state index is 0.196. The van der Waals surface area contributed by atoms with E-state index in [2.05, 4.69) is 5.32 Å². The van der Waals surface area contributed by atoms with Gasteiger partial charge in [-0.2, -0.15) is 0 Å². The molecule has 1 unspecified atom stereocenters. The van der Waals surface area contributed by atoms with E-state index in [1.54, 1.807) is 6.08 Å². The Labute approximate surface area is 66.6 Å². The molecule has 0 bridgehead atoms. The van der Waals surface area contributed by atoms with Crippen LogP contribution in [0.3, 0.4) is 0 Å². The Balaban J connectivity index is 2.54. The molecule has 0 spiro atoms. The monoisotopic (exact) mass is 154 g/mol. The predicted molar refractivity (Wildman–Crippen MR) is 45.1 cm³/mol. The van der Waals surface area contributed by atoms with Crippen LogP contribution in [-0.2, 0) is 0 Å². The number of nitrogens with two attached hydrogens (primary N) is 1. The van der Waals surface area contributed by atoms with Crippen molar-refractivity contribution in [1.82, 2.24) is 5.32 Å². The van der Waals surface area contributed by atoms with E-state index < -0.39 is 0 Å². The Morgan fingerprint density at radius 2 is 2.55 bits per heavy atom. The molecule has 62 valence electrons. The lowest BCUT2D eigenvalue weighted by atomic mass is 10.1. The zero-order valence-corrected chi connectivity index (χ0v) is 6.67. The third-order valence-electron chi connectivity index (χ3n) is 1.71. The van der Waals surface area contributed by atoms with Crippen molar-refractivity contribution >= 4 is 0 Å². The van der Waals surface area contributed by atoms with Gasteiger partial charge in [-0.15, -0.1) is 0 Å². The van der Waals surface area contributed by atoms with Gasteiger partial charge < -0.3 is 16.2 Å². The third-order valence-corrected chi connectivity index (χ3v) is 1.71. The second-order valence-electron chi connectivity index (χ2n) is 2.61. The molecule has 0 aromatic carbocycles. The van der Waals surface area contributed by atoms with Crippen LogP contribution in [-0.4, -0.2) is 17.7 Å². The number of hydrogen-bond donors (Lipinski definition) is 3. The molecule has 3 heteroatoms. The highest BCUT2D eigenvalue weighted by Gasteiger charge is 2.10. The first-order valence-corrected chi connectivity index (χ1v) is 3.84. The van der Waals surface area contributed by atoms with E-state index in [0.717, 1.165) is 13.0 Å². The van der Waals surface area contributed by atoms with Crippen LogP contribution < -0.4 is 11.1 Å². The van der Waals surface area contributed by atoms with Crippen molar-refractivity contribution in [2.45, 2.75) is 19.4 Å². The number of nitrogens with one attached hydrogen (secondary N) is 1. The van der Waals surface area contributed by atoms with Crippen LogP contribution in [0.25, 0.3) is 0 Å². The maximum absolute atomic E-state index is 9.20. The lowest BCUT2D eigenvalue weighted by molar-refractivity contribution is 0.407. The van der Waals surface area contributed by atoms with E-state index in [9.17, 15) is 5.11 Å². The van der Waals surface area contributed by atoms with E-state index in [0.29, 0.717) is 5.70 Å². The summed E-state index contributed by atoms with van der Waals surface area (Å²) in [6, 6.07) is 0.243. The smallest absolute Gasteiger partial charge is 0.135 e. The molecule has 0 radical (unpaired) electrons. The first-order chi connectivity index (χ1) is 5.24. The summed E-state index contributed by atoms with van der Waals surface area (Å²) in [6.45, 7) is 2.94. The normalized spacial score (nSPS) is 24.3. The Bertz CT molecular complexity index is 196. The third kappa shape index (κ3) is 1.98. The molecule has 3 nitrogen and oxygen atoms in total. The van der Waals surface area contributed by atoms with E-state index in [1.165, 1.54) is 0 Å². The minimum atomic E-state index is 0.196. The van der Waals surface area contributed by atoms with Gasteiger partial charge in [-0.1, -0.05) is 13.0 Å². The maximum atomic E-state index is 9.20. The summed E-state index contributed by atoms with van der Waals surface area (Å²) in [5, 5.41) is 12.4. The van der Waals surface area contributed by atoms with E-state index in [4.69, 9.17) is 5.73 Å². The highest BCUT2D eigenvalue weighted by atomic mass is 16.3. The number of likely N-dealkylation sites (N-methyl/N-ethyl adjacent to an activating group) is 1. The molecule has 0 aromatic heterocycles. The standard InChI is InChI=1S/C8H14N2O/c1-2-10-6-3-4-7(9)8(11)5-6/h4-6,10-11H,2-3,9H2,1H3. The molecule has 1 aliphatic rings. The average Bonchev–Trinajstić information content (AvgIpc) is 1.98. The second-order valence-corrected chi connectivity index (χ2v) is 2.61. The van der Waals surface area contributed by atoms with E-state index in [-0.39, 0.29) is 11.8 Å². The van der Waals surface area contributed by atoms with Crippen molar-refractivity contribution in [3.63, 3.8) is 0 Å². The highest BCUT2D eigenvalue weighted by molar-refractivity contribution is 5.27. The Morgan fingerprint density at radius 1 is 1.82 bits per heavy atom. The molecule has 0 heterocycles. The van der Waals surface area contributed by atoms with Crippen molar-refractivity contribution < 1.29 is 5.11 Å². The fourth-order valence-electron chi connectivity index (χ4n) is 1.12.